The first-order chi connectivity index (χ1) is 3.18. The van der Waals surface area contributed by atoms with Crippen molar-refractivity contribution in [2.24, 2.45) is 0 Å². The summed E-state index contributed by atoms with van der Waals surface area (Å²) in [6, 6.07) is 0. The predicted octanol–water partition coefficient (Wildman–Crippen LogP) is 0.955. The van der Waals surface area contributed by atoms with Crippen LogP contribution in [0.1, 0.15) is 0 Å². The van der Waals surface area contributed by atoms with Gasteiger partial charge in [0.2, 0.25) is 0 Å². The van der Waals surface area contributed by atoms with E-state index in [0.717, 1.165) is 5.06 Å². The number of hydrogen-bond donors (Lipinski definition) is 1. The zero-order chi connectivity index (χ0) is 5.86. The Balaban J connectivity index is 3.35. The first-order valence-corrected chi connectivity index (χ1v) is 3.32. The second kappa shape index (κ2) is 3.23. The van der Waals surface area contributed by atoms with Crippen molar-refractivity contribution in [2.45, 2.75) is 0 Å². The predicted molar refractivity (Wildman–Crippen MR) is 35.7 cm³/mol. The largest absolute Gasteiger partial charge is 0.287 e. The van der Waals surface area contributed by atoms with E-state index in [0.29, 0.717) is 4.32 Å². The normalized spacial score (nSPS) is 8.43. The van der Waals surface area contributed by atoms with E-state index in [1.165, 1.54) is 18.8 Å². The minimum absolute atomic E-state index is 0.486. The van der Waals surface area contributed by atoms with Gasteiger partial charge in [0.25, 0.3) is 0 Å². The maximum atomic E-state index is 8.49. The van der Waals surface area contributed by atoms with Crippen LogP contribution in [0.4, 0.5) is 0 Å². The number of nitrogens with zero attached hydrogens (tertiary/aromatic N) is 1. The van der Waals surface area contributed by atoms with Crippen LogP contribution in [-0.4, -0.2) is 27.9 Å². The Morgan fingerprint density at radius 3 is 2.29 bits per heavy atom. The fourth-order valence-corrected chi connectivity index (χ4v) is 0.396. The third-order valence-electron chi connectivity index (χ3n) is 0.439. The number of thioether (sulfide) groups is 1. The van der Waals surface area contributed by atoms with Crippen LogP contribution < -0.4 is 0 Å². The summed E-state index contributed by atoms with van der Waals surface area (Å²) in [5.74, 6) is 0. The molecule has 0 aliphatic heterocycles. The van der Waals surface area contributed by atoms with Crippen LogP contribution in [0.15, 0.2) is 0 Å². The Morgan fingerprint density at radius 1 is 1.86 bits per heavy atom. The summed E-state index contributed by atoms with van der Waals surface area (Å²) < 4.78 is 0.486. The second-order valence-electron chi connectivity index (χ2n) is 0.994. The smallest absolute Gasteiger partial charge is 0.159 e. The number of rotatable bonds is 0. The lowest BCUT2D eigenvalue weighted by Gasteiger charge is -2.06. The molecule has 0 aromatic carbocycles. The van der Waals surface area contributed by atoms with Crippen LogP contribution in [0.2, 0.25) is 0 Å². The summed E-state index contributed by atoms with van der Waals surface area (Å²) in [6.07, 6.45) is 1.81. The fourth-order valence-electron chi connectivity index (χ4n) is 0.132. The molecule has 0 aromatic rings. The topological polar surface area (TPSA) is 23.5 Å². The van der Waals surface area contributed by atoms with Gasteiger partial charge in [-0.1, -0.05) is 24.0 Å². The second-order valence-corrected chi connectivity index (χ2v) is 2.43. The van der Waals surface area contributed by atoms with Gasteiger partial charge in [-0.3, -0.25) is 5.21 Å². The Labute approximate surface area is 52.5 Å². The van der Waals surface area contributed by atoms with Crippen molar-refractivity contribution in [3.05, 3.63) is 0 Å². The summed E-state index contributed by atoms with van der Waals surface area (Å²) in [4.78, 5) is 0. The Morgan fingerprint density at radius 2 is 2.29 bits per heavy atom. The quantitative estimate of drug-likeness (QED) is 0.397. The lowest BCUT2D eigenvalue weighted by Crippen LogP contribution is -2.16. The highest BCUT2D eigenvalue weighted by molar-refractivity contribution is 8.22. The minimum Gasteiger partial charge on any atom is -0.287 e. The Bertz CT molecular complexity index is 73.3. The minimum atomic E-state index is 0.486. The van der Waals surface area contributed by atoms with Crippen molar-refractivity contribution < 1.29 is 5.21 Å². The summed E-state index contributed by atoms with van der Waals surface area (Å²) in [5.41, 5.74) is 0. The van der Waals surface area contributed by atoms with Crippen LogP contribution in [0, 0.1) is 0 Å². The molecule has 0 saturated carbocycles. The molecule has 0 unspecified atom stereocenters. The molecule has 0 spiro atoms. The number of hydrogen-bond acceptors (Lipinski definition) is 3. The van der Waals surface area contributed by atoms with Gasteiger partial charge < -0.3 is 0 Å². The van der Waals surface area contributed by atoms with Gasteiger partial charge in [-0.15, -0.1) is 0 Å². The SMILES string of the molecule is CSC(=S)N(C)O. The van der Waals surface area contributed by atoms with Crippen LogP contribution in [-0.2, 0) is 0 Å². The van der Waals surface area contributed by atoms with E-state index in [4.69, 9.17) is 5.21 Å². The van der Waals surface area contributed by atoms with Crippen LogP contribution >= 0.6 is 24.0 Å². The summed E-state index contributed by atoms with van der Waals surface area (Å²) in [6.45, 7) is 0. The molecule has 0 fully saturated rings. The fraction of sp³-hybridized carbons (Fsp3) is 0.667. The summed E-state index contributed by atoms with van der Waals surface area (Å²) in [5, 5.41) is 9.41. The van der Waals surface area contributed by atoms with Crippen molar-refractivity contribution in [1.82, 2.24) is 5.06 Å². The van der Waals surface area contributed by atoms with Gasteiger partial charge in [0.05, 0.1) is 0 Å². The maximum absolute atomic E-state index is 8.49. The lowest BCUT2D eigenvalue weighted by molar-refractivity contribution is 0.0205. The molecule has 0 amide bonds. The van der Waals surface area contributed by atoms with Gasteiger partial charge in [-0.2, -0.15) is 0 Å². The highest BCUT2D eigenvalue weighted by Crippen LogP contribution is 1.98. The molecule has 2 nitrogen and oxygen atoms in total. The van der Waals surface area contributed by atoms with Gasteiger partial charge in [-0.05, 0) is 6.26 Å². The van der Waals surface area contributed by atoms with Crippen molar-refractivity contribution in [2.75, 3.05) is 13.3 Å². The summed E-state index contributed by atoms with van der Waals surface area (Å²) in [7, 11) is 1.50. The molecule has 0 atom stereocenters. The zero-order valence-electron chi connectivity index (χ0n) is 4.21. The van der Waals surface area contributed by atoms with E-state index in [1.807, 2.05) is 6.26 Å². The highest BCUT2D eigenvalue weighted by Gasteiger charge is 1.93. The highest BCUT2D eigenvalue weighted by atomic mass is 32.2. The van der Waals surface area contributed by atoms with E-state index in [2.05, 4.69) is 12.2 Å². The first kappa shape index (κ1) is 7.20. The zero-order valence-corrected chi connectivity index (χ0v) is 5.84. The van der Waals surface area contributed by atoms with E-state index >= 15 is 0 Å². The molecule has 0 heterocycles. The van der Waals surface area contributed by atoms with Gasteiger partial charge in [-0.25, -0.2) is 5.06 Å². The summed E-state index contributed by atoms with van der Waals surface area (Å²) >= 11 is 5.96. The maximum Gasteiger partial charge on any atom is 0.159 e. The van der Waals surface area contributed by atoms with Gasteiger partial charge >= 0.3 is 0 Å². The van der Waals surface area contributed by atoms with E-state index in [9.17, 15) is 0 Å². The number of thiocarbonyl (C=S) groups is 1. The van der Waals surface area contributed by atoms with E-state index < -0.39 is 0 Å². The molecule has 0 aromatic heterocycles. The molecule has 1 N–H and O–H groups in total. The molecule has 0 aliphatic rings. The van der Waals surface area contributed by atoms with Crippen molar-refractivity contribution >= 4 is 28.3 Å². The van der Waals surface area contributed by atoms with Crippen molar-refractivity contribution in [1.29, 1.82) is 0 Å². The molecule has 0 aliphatic carbocycles. The van der Waals surface area contributed by atoms with Crippen LogP contribution in [0.3, 0.4) is 0 Å². The monoisotopic (exact) mass is 137 g/mol. The molecule has 0 rings (SSSR count). The average Bonchev–Trinajstić information content (AvgIpc) is 1.65. The Kier molecular flexibility index (Phi) is 3.33. The standard InChI is InChI=1S/C3H7NOS2/c1-4(5)3(6)7-2/h5H,1-2H3. The van der Waals surface area contributed by atoms with Crippen LogP contribution in [0.25, 0.3) is 0 Å². The molecular weight excluding hydrogens is 130 g/mol. The molecule has 4 heteroatoms. The van der Waals surface area contributed by atoms with Crippen molar-refractivity contribution in [3.8, 4) is 0 Å². The van der Waals surface area contributed by atoms with Crippen LogP contribution in [0.5, 0.6) is 0 Å². The van der Waals surface area contributed by atoms with Gasteiger partial charge in [0, 0.05) is 7.05 Å². The van der Waals surface area contributed by atoms with E-state index in [-0.39, 0.29) is 0 Å². The third-order valence-corrected chi connectivity index (χ3v) is 1.82. The first-order valence-electron chi connectivity index (χ1n) is 1.69. The lowest BCUT2D eigenvalue weighted by atomic mass is 11.2. The molecule has 42 valence electrons. The molecule has 0 radical (unpaired) electrons. The molecule has 7 heavy (non-hydrogen) atoms. The average molecular weight is 137 g/mol. The third kappa shape index (κ3) is 2.85. The van der Waals surface area contributed by atoms with E-state index in [1.54, 1.807) is 0 Å². The van der Waals surface area contributed by atoms with Crippen molar-refractivity contribution in [3.63, 3.8) is 0 Å². The number of hydroxylamine groups is 2. The van der Waals surface area contributed by atoms with Gasteiger partial charge in [0.1, 0.15) is 0 Å². The molecule has 0 saturated heterocycles. The van der Waals surface area contributed by atoms with Gasteiger partial charge in [0.15, 0.2) is 4.32 Å². The molecular formula is C3H7NOS2. The Hall–Kier alpha value is 0.200. The molecule has 0 bridgehead atoms.